The molecule has 0 aliphatic carbocycles. The van der Waals surface area contributed by atoms with Crippen LogP contribution < -0.4 is 10.6 Å². The Hall–Kier alpha value is -2.06. The Morgan fingerprint density at radius 3 is 1.84 bits per heavy atom. The summed E-state index contributed by atoms with van der Waals surface area (Å²) in [6, 6.07) is 0. The molecule has 8 nitrogen and oxygen atoms in total. The minimum Gasteiger partial charge on any atom is -0.447 e. The lowest BCUT2D eigenvalue weighted by Crippen LogP contribution is -2.36. The summed E-state index contributed by atoms with van der Waals surface area (Å²) in [5, 5.41) is 5.55. The second kappa shape index (κ2) is 16.6. The average Bonchev–Trinajstić information content (AvgIpc) is 2.65. The van der Waals surface area contributed by atoms with E-state index in [-0.39, 0.29) is 18.6 Å². The Kier molecular flexibility index (Phi) is 15.5. The van der Waals surface area contributed by atoms with E-state index in [1.165, 1.54) is 0 Å². The first-order valence-electron chi connectivity index (χ1n) is 10.8. The number of rotatable bonds is 17. The number of alkyl carbamates (subject to hydrolysis) is 2. The fourth-order valence-corrected chi connectivity index (χ4v) is 2.83. The molecule has 0 aromatic heterocycles. The van der Waals surface area contributed by atoms with Crippen LogP contribution in [-0.4, -0.2) is 64.9 Å². The van der Waals surface area contributed by atoms with Gasteiger partial charge in [-0.2, -0.15) is 0 Å². The molecule has 0 aromatic rings. The van der Waals surface area contributed by atoms with Crippen molar-refractivity contribution in [2.75, 3.05) is 52.7 Å². The van der Waals surface area contributed by atoms with E-state index in [9.17, 15) is 9.59 Å². The van der Waals surface area contributed by atoms with Crippen molar-refractivity contribution in [3.05, 3.63) is 24.3 Å². The fourth-order valence-electron chi connectivity index (χ4n) is 2.83. The average molecular weight is 443 g/mol. The van der Waals surface area contributed by atoms with Crippen LogP contribution in [0.25, 0.3) is 0 Å². The molecule has 0 fully saturated rings. The molecule has 1 atom stereocenters. The van der Waals surface area contributed by atoms with Gasteiger partial charge < -0.3 is 29.6 Å². The van der Waals surface area contributed by atoms with Gasteiger partial charge in [-0.1, -0.05) is 45.1 Å². The summed E-state index contributed by atoms with van der Waals surface area (Å²) < 4.78 is 20.7. The Labute approximate surface area is 187 Å². The third-order valence-electron chi connectivity index (χ3n) is 4.14. The molecule has 0 saturated carbocycles. The number of nitrogens with one attached hydrogen (secondary N) is 2. The van der Waals surface area contributed by atoms with E-state index in [0.29, 0.717) is 45.4 Å². The van der Waals surface area contributed by atoms with E-state index in [2.05, 4.69) is 44.6 Å². The normalized spacial score (nSPS) is 12.0. The Bertz CT molecular complexity index is 562. The van der Waals surface area contributed by atoms with Crippen molar-refractivity contribution in [1.82, 2.24) is 10.6 Å². The van der Waals surface area contributed by atoms with Crippen molar-refractivity contribution < 1.29 is 28.5 Å². The maximum absolute atomic E-state index is 11.8. The van der Waals surface area contributed by atoms with Crippen LogP contribution >= 0.6 is 0 Å². The molecule has 0 aromatic carbocycles. The minimum absolute atomic E-state index is 0.101. The van der Waals surface area contributed by atoms with E-state index in [1.807, 2.05) is 13.8 Å². The summed E-state index contributed by atoms with van der Waals surface area (Å²) in [5.41, 5.74) is 1.75. The number of amides is 2. The van der Waals surface area contributed by atoms with Gasteiger partial charge in [0, 0.05) is 13.1 Å². The highest BCUT2D eigenvalue weighted by Gasteiger charge is 2.22. The van der Waals surface area contributed by atoms with Crippen LogP contribution in [0, 0.1) is 11.3 Å². The maximum atomic E-state index is 11.8. The quantitative estimate of drug-likeness (QED) is 0.260. The predicted octanol–water partition coefficient (Wildman–Crippen LogP) is 4.07. The van der Waals surface area contributed by atoms with Gasteiger partial charge in [0.1, 0.15) is 13.2 Å². The highest BCUT2D eigenvalue weighted by atomic mass is 16.6. The molecule has 0 saturated heterocycles. The lowest BCUT2D eigenvalue weighted by atomic mass is 9.82. The second-order valence-electron chi connectivity index (χ2n) is 8.83. The molecule has 0 rings (SSSR count). The van der Waals surface area contributed by atoms with Gasteiger partial charge in [0.25, 0.3) is 0 Å². The topological polar surface area (TPSA) is 95.1 Å². The molecule has 2 amide bonds. The minimum atomic E-state index is -0.448. The Morgan fingerprint density at radius 1 is 0.871 bits per heavy atom. The standard InChI is InChI=1S/C23H42N2O6/c1-18(2)15-28-10-12-30-21(26)24-9-8-20(5)14-23(6,7)17-25-22(27)31-13-11-29-16-19(3)4/h20H,1,3,8-17H2,2,4-7H3,(H,24,26)(H,25,27). The lowest BCUT2D eigenvalue weighted by molar-refractivity contribution is 0.0805. The molecule has 1 unspecified atom stereocenters. The van der Waals surface area contributed by atoms with Gasteiger partial charge in [0.2, 0.25) is 0 Å². The second-order valence-corrected chi connectivity index (χ2v) is 8.83. The predicted molar refractivity (Wildman–Crippen MR) is 122 cm³/mol. The van der Waals surface area contributed by atoms with E-state index >= 15 is 0 Å². The van der Waals surface area contributed by atoms with Crippen LogP contribution in [0.15, 0.2) is 24.3 Å². The summed E-state index contributed by atoms with van der Waals surface area (Å²) in [6.45, 7) is 20.6. The van der Waals surface area contributed by atoms with Gasteiger partial charge in [-0.05, 0) is 38.0 Å². The maximum Gasteiger partial charge on any atom is 0.407 e. The molecule has 0 aliphatic heterocycles. The van der Waals surface area contributed by atoms with Gasteiger partial charge in [-0.25, -0.2) is 9.59 Å². The molecule has 31 heavy (non-hydrogen) atoms. The number of carbonyl (C=O) groups excluding carboxylic acids is 2. The third-order valence-corrected chi connectivity index (χ3v) is 4.14. The molecule has 180 valence electrons. The third kappa shape index (κ3) is 19.6. The fraction of sp³-hybridized carbons (Fsp3) is 0.739. The van der Waals surface area contributed by atoms with Gasteiger partial charge >= 0.3 is 12.2 Å². The zero-order valence-corrected chi connectivity index (χ0v) is 20.0. The zero-order chi connectivity index (χ0) is 23.7. The molecule has 2 N–H and O–H groups in total. The molecular weight excluding hydrogens is 400 g/mol. The largest absolute Gasteiger partial charge is 0.447 e. The molecule has 8 heteroatoms. The van der Waals surface area contributed by atoms with E-state index < -0.39 is 12.2 Å². The smallest absolute Gasteiger partial charge is 0.407 e. The molecular formula is C23H42N2O6. The highest BCUT2D eigenvalue weighted by molar-refractivity contribution is 5.67. The van der Waals surface area contributed by atoms with Gasteiger partial charge in [0.15, 0.2) is 0 Å². The van der Waals surface area contributed by atoms with Crippen LogP contribution in [0.3, 0.4) is 0 Å². The summed E-state index contributed by atoms with van der Waals surface area (Å²) in [5.74, 6) is 0.363. The summed E-state index contributed by atoms with van der Waals surface area (Å²) in [6.07, 6.45) is 0.814. The van der Waals surface area contributed by atoms with Crippen LogP contribution in [0.4, 0.5) is 9.59 Å². The van der Waals surface area contributed by atoms with Crippen molar-refractivity contribution in [3.8, 4) is 0 Å². The molecule has 0 spiro atoms. The molecule has 0 aliphatic rings. The van der Waals surface area contributed by atoms with E-state index in [1.54, 1.807) is 0 Å². The van der Waals surface area contributed by atoms with Crippen molar-refractivity contribution in [2.24, 2.45) is 11.3 Å². The number of hydrogen-bond donors (Lipinski definition) is 2. The van der Waals surface area contributed by atoms with Crippen molar-refractivity contribution in [1.29, 1.82) is 0 Å². The van der Waals surface area contributed by atoms with Crippen LogP contribution in [0.1, 0.15) is 47.5 Å². The molecule has 0 bridgehead atoms. The summed E-state index contributed by atoms with van der Waals surface area (Å²) in [4.78, 5) is 23.5. The van der Waals surface area contributed by atoms with Gasteiger partial charge in [-0.3, -0.25) is 0 Å². The zero-order valence-electron chi connectivity index (χ0n) is 20.0. The summed E-state index contributed by atoms with van der Waals surface area (Å²) >= 11 is 0. The van der Waals surface area contributed by atoms with Gasteiger partial charge in [-0.15, -0.1) is 0 Å². The van der Waals surface area contributed by atoms with Crippen molar-refractivity contribution >= 4 is 12.2 Å². The van der Waals surface area contributed by atoms with Crippen molar-refractivity contribution in [3.63, 3.8) is 0 Å². The first-order valence-corrected chi connectivity index (χ1v) is 10.8. The van der Waals surface area contributed by atoms with E-state index in [4.69, 9.17) is 18.9 Å². The van der Waals surface area contributed by atoms with Crippen LogP contribution in [0.5, 0.6) is 0 Å². The SMILES string of the molecule is C=C(C)COCCOC(=O)NCCC(C)CC(C)(C)CNC(=O)OCCOCC(=C)C. The first kappa shape index (κ1) is 28.9. The lowest BCUT2D eigenvalue weighted by Gasteiger charge is -2.28. The van der Waals surface area contributed by atoms with Gasteiger partial charge in [0.05, 0.1) is 26.4 Å². The van der Waals surface area contributed by atoms with Crippen LogP contribution in [0.2, 0.25) is 0 Å². The molecule has 0 heterocycles. The van der Waals surface area contributed by atoms with Crippen LogP contribution in [-0.2, 0) is 18.9 Å². The Morgan fingerprint density at radius 2 is 1.35 bits per heavy atom. The number of ether oxygens (including phenoxy) is 4. The number of carbonyl (C=O) groups is 2. The molecule has 0 radical (unpaired) electrons. The Balaban J connectivity index is 3.86. The van der Waals surface area contributed by atoms with Crippen molar-refractivity contribution in [2.45, 2.75) is 47.5 Å². The highest BCUT2D eigenvalue weighted by Crippen LogP contribution is 2.26. The number of hydrogen-bond acceptors (Lipinski definition) is 6. The van der Waals surface area contributed by atoms with E-state index in [0.717, 1.165) is 24.0 Å². The monoisotopic (exact) mass is 442 g/mol. The summed E-state index contributed by atoms with van der Waals surface area (Å²) in [7, 11) is 0. The first-order chi connectivity index (χ1) is 14.5.